The summed E-state index contributed by atoms with van der Waals surface area (Å²) in [6, 6.07) is 13.1. The van der Waals surface area contributed by atoms with Crippen LogP contribution in [0.2, 0.25) is 0 Å². The third-order valence-electron chi connectivity index (χ3n) is 4.45. The Balaban J connectivity index is 0.00000243. The van der Waals surface area contributed by atoms with E-state index in [0.29, 0.717) is 32.6 Å². The van der Waals surface area contributed by atoms with Gasteiger partial charge in [-0.3, -0.25) is 9.59 Å². The lowest BCUT2D eigenvalue weighted by atomic mass is 10.1. The Bertz CT molecular complexity index is 742. The van der Waals surface area contributed by atoms with E-state index in [-0.39, 0.29) is 24.2 Å². The fourth-order valence-corrected chi connectivity index (χ4v) is 3.86. The van der Waals surface area contributed by atoms with Gasteiger partial charge in [0.25, 0.3) is 5.91 Å². The molecule has 0 saturated carbocycles. The first-order chi connectivity index (χ1) is 12.0. The number of nitrogens with zero attached hydrogens (tertiary/aromatic N) is 2. The number of hydrogen-bond donors (Lipinski definition) is 1. The highest BCUT2D eigenvalue weighted by molar-refractivity contribution is 7.13. The van der Waals surface area contributed by atoms with Gasteiger partial charge in [-0.1, -0.05) is 30.3 Å². The first-order valence-corrected chi connectivity index (χ1v) is 9.30. The van der Waals surface area contributed by atoms with E-state index in [0.717, 1.165) is 15.3 Å². The normalized spacial score (nSPS) is 15.3. The van der Waals surface area contributed by atoms with Crippen molar-refractivity contribution in [1.82, 2.24) is 9.80 Å². The van der Waals surface area contributed by atoms with Crippen LogP contribution in [0.1, 0.15) is 20.1 Å². The molecule has 0 spiro atoms. The Kier molecular flexibility index (Phi) is 7.20. The number of benzene rings is 1. The largest absolute Gasteiger partial charge is 0.338 e. The fourth-order valence-electron chi connectivity index (χ4n) is 3.03. The lowest BCUT2D eigenvalue weighted by molar-refractivity contribution is -0.134. The van der Waals surface area contributed by atoms with Gasteiger partial charge in [0.05, 0.1) is 10.9 Å². The van der Waals surface area contributed by atoms with E-state index in [9.17, 15) is 9.59 Å². The lowest BCUT2D eigenvalue weighted by Gasteiger charge is -2.35. The summed E-state index contributed by atoms with van der Waals surface area (Å²) in [5.41, 5.74) is 7.16. The van der Waals surface area contributed by atoms with Gasteiger partial charge in [0.1, 0.15) is 0 Å². The van der Waals surface area contributed by atoms with Crippen molar-refractivity contribution in [2.24, 2.45) is 5.73 Å². The molecule has 1 aromatic heterocycles. The van der Waals surface area contributed by atoms with Crippen LogP contribution >= 0.6 is 23.7 Å². The number of nitrogens with two attached hydrogens (primary N) is 1. The zero-order valence-corrected chi connectivity index (χ0v) is 16.4. The van der Waals surface area contributed by atoms with Gasteiger partial charge in [0.2, 0.25) is 5.91 Å². The van der Waals surface area contributed by atoms with E-state index in [1.165, 1.54) is 11.3 Å². The Morgan fingerprint density at radius 2 is 1.65 bits per heavy atom. The molecule has 7 heteroatoms. The van der Waals surface area contributed by atoms with E-state index < -0.39 is 6.04 Å². The minimum absolute atomic E-state index is 0. The summed E-state index contributed by atoms with van der Waals surface area (Å²) in [5.74, 6) is 0.0155. The van der Waals surface area contributed by atoms with Gasteiger partial charge in [-0.15, -0.1) is 23.7 Å². The summed E-state index contributed by atoms with van der Waals surface area (Å²) in [5, 5.41) is 0. The molecule has 0 aliphatic carbocycles. The number of amides is 2. The van der Waals surface area contributed by atoms with Gasteiger partial charge in [0.15, 0.2) is 0 Å². The van der Waals surface area contributed by atoms with Crippen LogP contribution in [0, 0.1) is 6.92 Å². The molecule has 1 saturated heterocycles. The minimum atomic E-state index is -0.537. The summed E-state index contributed by atoms with van der Waals surface area (Å²) in [4.78, 5) is 30.5. The van der Waals surface area contributed by atoms with Crippen molar-refractivity contribution in [2.75, 3.05) is 26.2 Å². The Morgan fingerprint density at radius 1 is 1.04 bits per heavy atom. The zero-order valence-electron chi connectivity index (χ0n) is 14.8. The van der Waals surface area contributed by atoms with Crippen molar-refractivity contribution in [1.29, 1.82) is 0 Å². The molecule has 1 aliphatic rings. The quantitative estimate of drug-likeness (QED) is 0.866. The molecule has 26 heavy (non-hydrogen) atoms. The molecule has 1 aliphatic heterocycles. The van der Waals surface area contributed by atoms with Crippen molar-refractivity contribution >= 4 is 35.6 Å². The van der Waals surface area contributed by atoms with E-state index >= 15 is 0 Å². The minimum Gasteiger partial charge on any atom is -0.338 e. The number of carbonyl (C=O) groups excluding carboxylic acids is 2. The van der Waals surface area contributed by atoms with Crippen LogP contribution in [-0.4, -0.2) is 53.8 Å². The number of rotatable bonds is 4. The number of hydrogen-bond acceptors (Lipinski definition) is 4. The molecule has 140 valence electrons. The molecule has 1 atom stereocenters. The molecular weight excluding hydrogens is 370 g/mol. The highest BCUT2D eigenvalue weighted by Gasteiger charge is 2.28. The van der Waals surface area contributed by atoms with Crippen molar-refractivity contribution in [2.45, 2.75) is 19.4 Å². The van der Waals surface area contributed by atoms with Crippen LogP contribution in [0.3, 0.4) is 0 Å². The van der Waals surface area contributed by atoms with E-state index in [4.69, 9.17) is 5.73 Å². The number of carbonyl (C=O) groups is 2. The SMILES string of the molecule is Cc1ccc(C(=O)N2CCN(C(=O)[C@@H](N)Cc3ccccc3)CC2)s1.Cl. The maximum atomic E-state index is 12.6. The van der Waals surface area contributed by atoms with E-state index in [1.807, 2.05) is 54.3 Å². The van der Waals surface area contributed by atoms with Crippen molar-refractivity contribution < 1.29 is 9.59 Å². The maximum Gasteiger partial charge on any atom is 0.264 e. The molecule has 0 bridgehead atoms. The first kappa shape index (κ1) is 20.4. The standard InChI is InChI=1S/C19H23N3O2S.ClH/c1-14-7-8-17(25-14)19(24)22-11-9-21(10-12-22)18(23)16(20)13-15-5-3-2-4-6-15;/h2-8,16H,9-13,20H2,1H3;1H/t16-;/m0./s1. The lowest BCUT2D eigenvalue weighted by Crippen LogP contribution is -2.54. The highest BCUT2D eigenvalue weighted by atomic mass is 35.5. The molecule has 2 amide bonds. The van der Waals surface area contributed by atoms with Gasteiger partial charge >= 0.3 is 0 Å². The third kappa shape index (κ3) is 4.84. The molecule has 2 aromatic rings. The zero-order chi connectivity index (χ0) is 17.8. The van der Waals surface area contributed by atoms with Crippen LogP contribution in [0.4, 0.5) is 0 Å². The molecule has 2 heterocycles. The Morgan fingerprint density at radius 3 is 2.23 bits per heavy atom. The molecule has 2 N–H and O–H groups in total. The Hall–Kier alpha value is -1.89. The average Bonchev–Trinajstić information content (AvgIpc) is 3.08. The molecular formula is C19H24ClN3O2S. The van der Waals surface area contributed by atoms with Crippen molar-refractivity contribution in [3.8, 4) is 0 Å². The molecule has 5 nitrogen and oxygen atoms in total. The predicted octanol–water partition coefficient (Wildman–Crippen LogP) is 2.33. The number of thiophene rings is 1. The van der Waals surface area contributed by atoms with Crippen LogP contribution in [0.15, 0.2) is 42.5 Å². The average molecular weight is 394 g/mol. The first-order valence-electron chi connectivity index (χ1n) is 8.48. The van der Waals surface area contributed by atoms with Crippen LogP contribution in [-0.2, 0) is 11.2 Å². The van der Waals surface area contributed by atoms with Gasteiger partial charge in [-0.2, -0.15) is 0 Å². The summed E-state index contributed by atoms with van der Waals surface area (Å²) in [7, 11) is 0. The number of piperazine rings is 1. The van der Waals surface area contributed by atoms with Crippen LogP contribution < -0.4 is 5.73 Å². The number of halogens is 1. The second kappa shape index (κ2) is 9.16. The monoisotopic (exact) mass is 393 g/mol. The topological polar surface area (TPSA) is 66.6 Å². The summed E-state index contributed by atoms with van der Waals surface area (Å²) in [6.45, 7) is 4.18. The fraction of sp³-hybridized carbons (Fsp3) is 0.368. The van der Waals surface area contributed by atoms with Gasteiger partial charge in [-0.05, 0) is 31.0 Å². The van der Waals surface area contributed by atoms with E-state index in [1.54, 1.807) is 4.90 Å². The van der Waals surface area contributed by atoms with Gasteiger partial charge in [-0.25, -0.2) is 0 Å². The smallest absolute Gasteiger partial charge is 0.264 e. The summed E-state index contributed by atoms with van der Waals surface area (Å²) in [6.07, 6.45) is 0.535. The van der Waals surface area contributed by atoms with E-state index in [2.05, 4.69) is 0 Å². The maximum absolute atomic E-state index is 12.6. The van der Waals surface area contributed by atoms with Gasteiger partial charge < -0.3 is 15.5 Å². The third-order valence-corrected chi connectivity index (χ3v) is 5.43. The number of aryl methyl sites for hydroxylation is 1. The summed E-state index contributed by atoms with van der Waals surface area (Å²) < 4.78 is 0. The molecule has 3 rings (SSSR count). The second-order valence-corrected chi connectivity index (χ2v) is 7.61. The second-order valence-electron chi connectivity index (χ2n) is 6.32. The summed E-state index contributed by atoms with van der Waals surface area (Å²) >= 11 is 1.51. The molecule has 1 fully saturated rings. The molecule has 0 radical (unpaired) electrons. The van der Waals surface area contributed by atoms with Crippen molar-refractivity contribution in [3.05, 3.63) is 57.8 Å². The van der Waals surface area contributed by atoms with Crippen molar-refractivity contribution in [3.63, 3.8) is 0 Å². The molecule has 0 unspecified atom stereocenters. The highest BCUT2D eigenvalue weighted by Crippen LogP contribution is 2.18. The van der Waals surface area contributed by atoms with Crippen LogP contribution in [0.5, 0.6) is 0 Å². The van der Waals surface area contributed by atoms with Gasteiger partial charge in [0, 0.05) is 31.1 Å². The Labute approximate surface area is 164 Å². The van der Waals surface area contributed by atoms with Crippen LogP contribution in [0.25, 0.3) is 0 Å². The predicted molar refractivity (Wildman–Crippen MR) is 107 cm³/mol. The molecule has 1 aromatic carbocycles.